The van der Waals surface area contributed by atoms with Gasteiger partial charge in [-0.15, -0.1) is 22.7 Å². The number of nitrogens with zero attached hydrogens (tertiary/aromatic N) is 2. The van der Waals surface area contributed by atoms with Crippen LogP contribution in [0.1, 0.15) is 0 Å². The number of benzene rings is 2. The van der Waals surface area contributed by atoms with Crippen LogP contribution < -0.4 is 19.3 Å². The standard InChI is InChI=1S/2C7H5Cl2N3S/c8-11-4-1-6-7(13-3-10-6)2-5(4)12-9;8-11-4-1-2-5-7(6(4)12-9)13-3-10-5/h2*1-3,11-12H. The van der Waals surface area contributed by atoms with Gasteiger partial charge in [-0.3, -0.25) is 19.3 Å². The van der Waals surface area contributed by atoms with Gasteiger partial charge in [0.25, 0.3) is 0 Å². The van der Waals surface area contributed by atoms with Crippen molar-refractivity contribution in [2.75, 3.05) is 19.3 Å². The van der Waals surface area contributed by atoms with Crippen molar-refractivity contribution in [1.29, 1.82) is 0 Å². The molecule has 0 saturated carbocycles. The number of rotatable bonds is 4. The highest BCUT2D eigenvalue weighted by molar-refractivity contribution is 7.17. The average Bonchev–Trinajstić information content (AvgIpc) is 3.34. The van der Waals surface area contributed by atoms with Crippen molar-refractivity contribution in [2.45, 2.75) is 0 Å². The lowest BCUT2D eigenvalue weighted by Gasteiger charge is -2.05. The summed E-state index contributed by atoms with van der Waals surface area (Å²) in [4.78, 5) is 18.5. The van der Waals surface area contributed by atoms with E-state index in [2.05, 4.69) is 29.3 Å². The summed E-state index contributed by atoms with van der Waals surface area (Å²) in [5, 5.41) is 0. The van der Waals surface area contributed by atoms with Crippen LogP contribution in [0.15, 0.2) is 35.3 Å². The Morgan fingerprint density at radius 3 is 2.04 bits per heavy atom. The summed E-state index contributed by atoms with van der Waals surface area (Å²) >= 11 is 25.2. The van der Waals surface area contributed by atoms with Crippen molar-refractivity contribution in [3.63, 3.8) is 0 Å². The van der Waals surface area contributed by atoms with E-state index in [1.54, 1.807) is 22.4 Å². The molecule has 0 spiro atoms. The molecule has 4 rings (SSSR count). The lowest BCUT2D eigenvalue weighted by molar-refractivity contribution is 1.50. The first-order valence-corrected chi connectivity index (χ1v) is 10.2. The van der Waals surface area contributed by atoms with E-state index in [9.17, 15) is 0 Å². The molecule has 0 fully saturated rings. The zero-order valence-electron chi connectivity index (χ0n) is 12.7. The van der Waals surface area contributed by atoms with Crippen LogP contribution in [0.25, 0.3) is 20.4 Å². The Bertz CT molecular complexity index is 979. The zero-order chi connectivity index (χ0) is 18.5. The highest BCUT2D eigenvalue weighted by Gasteiger charge is 2.08. The molecule has 12 heteroatoms. The van der Waals surface area contributed by atoms with Crippen LogP contribution in [0, 0.1) is 0 Å². The Kier molecular flexibility index (Phi) is 6.68. The SMILES string of the molecule is ClNc1cc2ncsc2cc1NCl.ClNc1ccc2ncsc2c1NCl. The van der Waals surface area contributed by atoms with Crippen LogP contribution >= 0.6 is 69.8 Å². The number of nitrogens with one attached hydrogen (secondary N) is 4. The Labute approximate surface area is 176 Å². The van der Waals surface area contributed by atoms with Crippen LogP contribution in [-0.4, -0.2) is 9.97 Å². The van der Waals surface area contributed by atoms with Gasteiger partial charge in [0, 0.05) is 47.1 Å². The van der Waals surface area contributed by atoms with E-state index in [-0.39, 0.29) is 0 Å². The quantitative estimate of drug-likeness (QED) is 0.246. The summed E-state index contributed by atoms with van der Waals surface area (Å²) in [5.74, 6) is 0. The van der Waals surface area contributed by atoms with Gasteiger partial charge >= 0.3 is 0 Å². The van der Waals surface area contributed by atoms with Gasteiger partial charge in [-0.2, -0.15) is 0 Å². The molecular weight excluding hydrogens is 458 g/mol. The second kappa shape index (κ2) is 8.98. The molecule has 0 aliphatic rings. The smallest absolute Gasteiger partial charge is 0.0930 e. The van der Waals surface area contributed by atoms with Gasteiger partial charge in [0.05, 0.1) is 54.2 Å². The van der Waals surface area contributed by atoms with Crippen molar-refractivity contribution in [3.05, 3.63) is 35.3 Å². The summed E-state index contributed by atoms with van der Waals surface area (Å²) < 4.78 is 2.06. The molecule has 0 bridgehead atoms. The lowest BCUT2D eigenvalue weighted by atomic mass is 10.2. The molecule has 2 aromatic heterocycles. The van der Waals surface area contributed by atoms with E-state index in [1.807, 2.05) is 24.3 Å². The summed E-state index contributed by atoms with van der Waals surface area (Å²) in [6, 6.07) is 7.43. The Morgan fingerprint density at radius 1 is 0.692 bits per heavy atom. The third-order valence-electron chi connectivity index (χ3n) is 3.37. The van der Waals surface area contributed by atoms with Gasteiger partial charge in [0.2, 0.25) is 0 Å². The molecule has 0 saturated heterocycles. The molecule has 0 unspecified atom stereocenters. The summed E-state index contributed by atoms with van der Waals surface area (Å²) in [6.45, 7) is 0. The molecule has 4 N–H and O–H groups in total. The number of hydrogen-bond acceptors (Lipinski definition) is 8. The summed E-state index contributed by atoms with van der Waals surface area (Å²) in [6.07, 6.45) is 0. The van der Waals surface area contributed by atoms with E-state index in [1.165, 1.54) is 11.3 Å². The highest BCUT2D eigenvalue weighted by atomic mass is 35.5. The predicted molar refractivity (Wildman–Crippen MR) is 117 cm³/mol. The summed E-state index contributed by atoms with van der Waals surface area (Å²) in [5.41, 5.74) is 8.32. The number of aromatic nitrogens is 2. The van der Waals surface area contributed by atoms with Gasteiger partial charge < -0.3 is 0 Å². The number of thiazole rings is 2. The van der Waals surface area contributed by atoms with Crippen molar-refractivity contribution in [3.8, 4) is 0 Å². The minimum Gasteiger partial charge on any atom is -0.296 e. The zero-order valence-corrected chi connectivity index (χ0v) is 17.3. The highest BCUT2D eigenvalue weighted by Crippen LogP contribution is 2.34. The molecule has 2 heterocycles. The molecule has 6 nitrogen and oxygen atoms in total. The van der Waals surface area contributed by atoms with Gasteiger partial charge in [0.15, 0.2) is 0 Å². The molecule has 0 atom stereocenters. The molecule has 136 valence electrons. The van der Waals surface area contributed by atoms with E-state index in [0.717, 1.165) is 43.2 Å². The monoisotopic (exact) mass is 466 g/mol. The van der Waals surface area contributed by atoms with Gasteiger partial charge in [-0.1, -0.05) is 0 Å². The third-order valence-corrected chi connectivity index (χ3v) is 5.82. The van der Waals surface area contributed by atoms with E-state index < -0.39 is 0 Å². The second-order valence-corrected chi connectivity index (χ2v) is 7.28. The Balaban J connectivity index is 0.000000151. The van der Waals surface area contributed by atoms with Crippen LogP contribution in [-0.2, 0) is 0 Å². The van der Waals surface area contributed by atoms with Gasteiger partial charge in [-0.25, -0.2) is 9.97 Å². The fraction of sp³-hybridized carbons (Fsp3) is 0. The number of anilines is 4. The molecule has 0 radical (unpaired) electrons. The van der Waals surface area contributed by atoms with E-state index >= 15 is 0 Å². The van der Waals surface area contributed by atoms with E-state index in [0.29, 0.717) is 0 Å². The third kappa shape index (κ3) is 3.95. The second-order valence-electron chi connectivity index (χ2n) is 4.78. The molecular formula is C14H10Cl4N6S2. The molecule has 0 aliphatic carbocycles. The first-order valence-electron chi connectivity index (χ1n) is 6.91. The van der Waals surface area contributed by atoms with Crippen LogP contribution in [0.4, 0.5) is 22.7 Å². The first-order chi connectivity index (χ1) is 12.7. The fourth-order valence-electron chi connectivity index (χ4n) is 2.16. The van der Waals surface area contributed by atoms with Gasteiger partial charge in [-0.05, 0) is 24.3 Å². The van der Waals surface area contributed by atoms with Crippen LogP contribution in [0.5, 0.6) is 0 Å². The van der Waals surface area contributed by atoms with Crippen LogP contribution in [0.2, 0.25) is 0 Å². The lowest BCUT2D eigenvalue weighted by Crippen LogP contribution is -1.88. The largest absolute Gasteiger partial charge is 0.296 e. The maximum atomic E-state index is 5.58. The molecule has 0 amide bonds. The minimum absolute atomic E-state index is 0.718. The number of halogens is 4. The van der Waals surface area contributed by atoms with E-state index in [4.69, 9.17) is 47.1 Å². The Hall–Kier alpha value is -1.42. The van der Waals surface area contributed by atoms with Crippen LogP contribution in [0.3, 0.4) is 0 Å². The Morgan fingerprint density at radius 2 is 1.35 bits per heavy atom. The first kappa shape index (κ1) is 19.3. The normalized spacial score (nSPS) is 10.3. The topological polar surface area (TPSA) is 73.9 Å². The van der Waals surface area contributed by atoms with Crippen molar-refractivity contribution >= 4 is 113 Å². The average molecular weight is 468 g/mol. The number of hydrogen-bond donors (Lipinski definition) is 4. The molecule has 26 heavy (non-hydrogen) atoms. The van der Waals surface area contributed by atoms with Crippen molar-refractivity contribution in [1.82, 2.24) is 9.97 Å². The fourth-order valence-corrected chi connectivity index (χ4v) is 4.37. The molecule has 4 aromatic rings. The maximum absolute atomic E-state index is 5.58. The molecule has 0 aliphatic heterocycles. The maximum Gasteiger partial charge on any atom is 0.0930 e. The minimum atomic E-state index is 0.718. The number of fused-ring (bicyclic) bond motifs is 2. The van der Waals surface area contributed by atoms with Crippen molar-refractivity contribution < 1.29 is 0 Å². The molecule has 2 aromatic carbocycles. The van der Waals surface area contributed by atoms with Gasteiger partial charge in [0.1, 0.15) is 0 Å². The predicted octanol–water partition coefficient (Wildman–Crippen LogP) is 6.86. The summed E-state index contributed by atoms with van der Waals surface area (Å²) in [7, 11) is 0. The van der Waals surface area contributed by atoms with Crippen molar-refractivity contribution in [2.24, 2.45) is 0 Å².